The minimum absolute atomic E-state index is 0.336. The topological polar surface area (TPSA) is 63.0 Å². The highest BCUT2D eigenvalue weighted by molar-refractivity contribution is 7.99. The highest BCUT2D eigenvalue weighted by Crippen LogP contribution is 2.13. The molecule has 1 atom stereocenters. The molecular formula is C8H16N4OS. The Morgan fingerprint density at radius 1 is 1.71 bits per heavy atom. The molecule has 0 saturated carbocycles. The van der Waals surface area contributed by atoms with E-state index in [2.05, 4.69) is 15.4 Å². The fourth-order valence-electron chi connectivity index (χ4n) is 0.957. The summed E-state index contributed by atoms with van der Waals surface area (Å²) < 4.78 is 1.70. The third kappa shape index (κ3) is 3.65. The van der Waals surface area contributed by atoms with Crippen molar-refractivity contribution in [2.45, 2.75) is 18.2 Å². The maximum atomic E-state index is 9.53. The van der Waals surface area contributed by atoms with Crippen molar-refractivity contribution in [2.75, 3.05) is 18.8 Å². The van der Waals surface area contributed by atoms with Gasteiger partial charge in [0.15, 0.2) is 5.16 Å². The molecular weight excluding hydrogens is 200 g/mol. The summed E-state index contributed by atoms with van der Waals surface area (Å²) >= 11 is 1.51. The average molecular weight is 216 g/mol. The van der Waals surface area contributed by atoms with Crippen molar-refractivity contribution in [3.8, 4) is 0 Å². The second-order valence-electron chi connectivity index (χ2n) is 2.94. The molecule has 80 valence electrons. The van der Waals surface area contributed by atoms with E-state index in [1.807, 2.05) is 14.0 Å². The molecule has 1 aromatic heterocycles. The van der Waals surface area contributed by atoms with Crippen LogP contribution in [0.2, 0.25) is 0 Å². The van der Waals surface area contributed by atoms with Crippen molar-refractivity contribution in [2.24, 2.45) is 7.05 Å². The van der Waals surface area contributed by atoms with Crippen molar-refractivity contribution in [3.63, 3.8) is 0 Å². The number of rotatable bonds is 6. The van der Waals surface area contributed by atoms with Gasteiger partial charge >= 0.3 is 0 Å². The van der Waals surface area contributed by atoms with Gasteiger partial charge in [0.05, 0.1) is 6.10 Å². The summed E-state index contributed by atoms with van der Waals surface area (Å²) in [5.74, 6) is 0.638. The number of aryl methyl sites for hydroxylation is 1. The van der Waals surface area contributed by atoms with E-state index in [0.29, 0.717) is 12.3 Å². The molecule has 0 aromatic carbocycles. The van der Waals surface area contributed by atoms with Gasteiger partial charge in [-0.05, 0) is 6.54 Å². The van der Waals surface area contributed by atoms with Crippen LogP contribution in [0.1, 0.15) is 6.92 Å². The zero-order valence-corrected chi connectivity index (χ0v) is 9.29. The predicted octanol–water partition coefficient (Wildman–Crippen LogP) is -0.122. The van der Waals surface area contributed by atoms with Gasteiger partial charge in [-0.2, -0.15) is 5.10 Å². The van der Waals surface area contributed by atoms with E-state index in [1.54, 1.807) is 4.68 Å². The molecule has 1 aromatic rings. The standard InChI is InChI=1S/C8H16N4OS/c1-3-9-4-7(13)5-14-8-10-6-11-12(8)2/h6-7,9,13H,3-5H2,1-2H3. The highest BCUT2D eigenvalue weighted by atomic mass is 32.2. The summed E-state index contributed by atoms with van der Waals surface area (Å²) in [7, 11) is 1.84. The summed E-state index contributed by atoms with van der Waals surface area (Å²) in [5.41, 5.74) is 0. The number of hydrogen-bond acceptors (Lipinski definition) is 5. The number of nitrogens with one attached hydrogen (secondary N) is 1. The number of nitrogens with zero attached hydrogens (tertiary/aromatic N) is 3. The molecule has 6 heteroatoms. The largest absolute Gasteiger partial charge is 0.391 e. The van der Waals surface area contributed by atoms with Crippen LogP contribution in [0.15, 0.2) is 11.5 Å². The van der Waals surface area contributed by atoms with Gasteiger partial charge in [-0.15, -0.1) is 0 Å². The number of aliphatic hydroxyl groups excluding tert-OH is 1. The first-order chi connectivity index (χ1) is 6.74. The van der Waals surface area contributed by atoms with Gasteiger partial charge in [0, 0.05) is 19.3 Å². The van der Waals surface area contributed by atoms with E-state index in [0.717, 1.165) is 11.7 Å². The normalized spacial score (nSPS) is 13.1. The van der Waals surface area contributed by atoms with Gasteiger partial charge in [-0.25, -0.2) is 9.67 Å². The van der Waals surface area contributed by atoms with Crippen LogP contribution in [0, 0.1) is 0 Å². The number of hydrogen-bond donors (Lipinski definition) is 2. The number of aromatic nitrogens is 3. The van der Waals surface area contributed by atoms with E-state index in [1.165, 1.54) is 18.1 Å². The minimum Gasteiger partial charge on any atom is -0.391 e. The Balaban J connectivity index is 2.23. The maximum Gasteiger partial charge on any atom is 0.185 e. The highest BCUT2D eigenvalue weighted by Gasteiger charge is 2.06. The van der Waals surface area contributed by atoms with E-state index in [9.17, 15) is 5.11 Å². The van der Waals surface area contributed by atoms with E-state index in [4.69, 9.17) is 0 Å². The first-order valence-electron chi connectivity index (χ1n) is 4.59. The third-order valence-corrected chi connectivity index (χ3v) is 2.88. The molecule has 2 N–H and O–H groups in total. The molecule has 1 rings (SSSR count). The molecule has 0 fully saturated rings. The molecule has 1 heterocycles. The molecule has 14 heavy (non-hydrogen) atoms. The first kappa shape index (κ1) is 11.5. The van der Waals surface area contributed by atoms with Crippen LogP contribution in [0.4, 0.5) is 0 Å². The maximum absolute atomic E-state index is 9.53. The van der Waals surface area contributed by atoms with Crippen LogP contribution in [0.5, 0.6) is 0 Å². The molecule has 5 nitrogen and oxygen atoms in total. The Bertz CT molecular complexity index is 266. The first-order valence-corrected chi connectivity index (χ1v) is 5.58. The molecule has 0 spiro atoms. The zero-order chi connectivity index (χ0) is 10.4. The van der Waals surface area contributed by atoms with Crippen LogP contribution < -0.4 is 5.32 Å². The lowest BCUT2D eigenvalue weighted by atomic mass is 10.4. The average Bonchev–Trinajstić information content (AvgIpc) is 2.58. The summed E-state index contributed by atoms with van der Waals surface area (Å²) in [4.78, 5) is 4.05. The number of aliphatic hydroxyl groups is 1. The molecule has 0 aliphatic carbocycles. The van der Waals surface area contributed by atoms with E-state index in [-0.39, 0.29) is 6.10 Å². The predicted molar refractivity (Wildman–Crippen MR) is 56.3 cm³/mol. The molecule has 0 radical (unpaired) electrons. The smallest absolute Gasteiger partial charge is 0.185 e. The van der Waals surface area contributed by atoms with Crippen LogP contribution in [0.25, 0.3) is 0 Å². The lowest BCUT2D eigenvalue weighted by Crippen LogP contribution is -2.28. The van der Waals surface area contributed by atoms with Crippen molar-refractivity contribution in [1.29, 1.82) is 0 Å². The Morgan fingerprint density at radius 3 is 3.07 bits per heavy atom. The van der Waals surface area contributed by atoms with Gasteiger partial charge in [0.2, 0.25) is 0 Å². The quantitative estimate of drug-likeness (QED) is 0.649. The van der Waals surface area contributed by atoms with Crippen LogP contribution in [0.3, 0.4) is 0 Å². The fourth-order valence-corrected chi connectivity index (χ4v) is 1.77. The van der Waals surface area contributed by atoms with Crippen molar-refractivity contribution in [1.82, 2.24) is 20.1 Å². The van der Waals surface area contributed by atoms with Crippen LogP contribution in [-0.4, -0.2) is 44.8 Å². The van der Waals surface area contributed by atoms with Crippen LogP contribution in [-0.2, 0) is 7.05 Å². The van der Waals surface area contributed by atoms with Gasteiger partial charge in [-0.3, -0.25) is 0 Å². The molecule has 1 unspecified atom stereocenters. The SMILES string of the molecule is CCNCC(O)CSc1ncnn1C. The Morgan fingerprint density at radius 2 is 2.50 bits per heavy atom. The molecule has 0 aliphatic heterocycles. The van der Waals surface area contributed by atoms with Gasteiger partial charge in [-0.1, -0.05) is 18.7 Å². The summed E-state index contributed by atoms with van der Waals surface area (Å²) in [5, 5.41) is 17.4. The van der Waals surface area contributed by atoms with Crippen LogP contribution >= 0.6 is 11.8 Å². The second-order valence-corrected chi connectivity index (χ2v) is 3.93. The third-order valence-electron chi connectivity index (χ3n) is 1.70. The van der Waals surface area contributed by atoms with Gasteiger partial charge in [0.1, 0.15) is 6.33 Å². The van der Waals surface area contributed by atoms with E-state index < -0.39 is 0 Å². The lowest BCUT2D eigenvalue weighted by molar-refractivity contribution is 0.196. The Hall–Kier alpha value is -0.590. The number of thioether (sulfide) groups is 1. The molecule has 0 bridgehead atoms. The summed E-state index contributed by atoms with van der Waals surface area (Å²) in [6, 6.07) is 0. The Kier molecular flexibility index (Phi) is 4.92. The summed E-state index contributed by atoms with van der Waals surface area (Å²) in [6.45, 7) is 3.52. The van der Waals surface area contributed by atoms with Crippen molar-refractivity contribution < 1.29 is 5.11 Å². The van der Waals surface area contributed by atoms with Crippen molar-refractivity contribution >= 4 is 11.8 Å². The fraction of sp³-hybridized carbons (Fsp3) is 0.750. The molecule has 0 saturated heterocycles. The van der Waals surface area contributed by atoms with Crippen molar-refractivity contribution in [3.05, 3.63) is 6.33 Å². The van der Waals surface area contributed by atoms with E-state index >= 15 is 0 Å². The van der Waals surface area contributed by atoms with Gasteiger partial charge < -0.3 is 10.4 Å². The molecule has 0 amide bonds. The van der Waals surface area contributed by atoms with Gasteiger partial charge in [0.25, 0.3) is 0 Å². The lowest BCUT2D eigenvalue weighted by Gasteiger charge is -2.09. The monoisotopic (exact) mass is 216 g/mol. The molecule has 0 aliphatic rings. The zero-order valence-electron chi connectivity index (χ0n) is 8.47. The summed E-state index contributed by atoms with van der Waals surface area (Å²) in [6.07, 6.45) is 1.18. The minimum atomic E-state index is -0.336. The second kappa shape index (κ2) is 6.00. The Labute approximate surface area is 87.9 Å². The number of likely N-dealkylation sites (N-methyl/N-ethyl adjacent to an activating group) is 1.